The summed E-state index contributed by atoms with van der Waals surface area (Å²) in [6, 6.07) is 0. The Morgan fingerprint density at radius 3 is 3.10 bits per heavy atom. The second-order valence-electron chi connectivity index (χ2n) is 1.78. The highest BCUT2D eigenvalue weighted by Gasteiger charge is 2.07. The van der Waals surface area contributed by atoms with Crippen LogP contribution in [0, 0.1) is 0 Å². The van der Waals surface area contributed by atoms with Crippen LogP contribution in [-0.2, 0) is 4.74 Å². The van der Waals surface area contributed by atoms with Crippen molar-refractivity contribution >= 4 is 5.90 Å². The molecule has 0 bridgehead atoms. The molecule has 1 heterocycles. The molecule has 0 spiro atoms. The van der Waals surface area contributed by atoms with Crippen molar-refractivity contribution in [3.63, 3.8) is 0 Å². The van der Waals surface area contributed by atoms with Crippen molar-refractivity contribution in [3.8, 4) is 0 Å². The molecule has 1 rings (SSSR count). The van der Waals surface area contributed by atoms with E-state index in [1.807, 2.05) is 19.1 Å². The van der Waals surface area contributed by atoms with Gasteiger partial charge in [-0.15, -0.1) is 0 Å². The molecule has 0 saturated heterocycles. The summed E-state index contributed by atoms with van der Waals surface area (Å²) in [4.78, 5) is 3.90. The van der Waals surface area contributed by atoms with E-state index in [2.05, 4.69) is 11.6 Å². The third-order valence-electron chi connectivity index (χ3n) is 1.19. The van der Waals surface area contributed by atoms with Crippen molar-refractivity contribution in [1.29, 1.82) is 0 Å². The van der Waals surface area contributed by atoms with Gasteiger partial charge in [0.15, 0.2) is 0 Å². The molecule has 0 N–H and O–H groups in total. The molecule has 0 radical (unpaired) electrons. The Morgan fingerprint density at radius 2 is 2.50 bits per heavy atom. The van der Waals surface area contributed by atoms with Gasteiger partial charge in [0.2, 0.25) is 5.90 Å². The van der Waals surface area contributed by atoms with Crippen LogP contribution in [0.3, 0.4) is 0 Å². The van der Waals surface area contributed by atoms with E-state index in [-0.39, 0.29) is 0 Å². The topological polar surface area (TPSA) is 21.6 Å². The lowest BCUT2D eigenvalue weighted by Gasteiger charge is -1.93. The summed E-state index contributed by atoms with van der Waals surface area (Å²) >= 11 is 0. The molecule has 2 nitrogen and oxygen atoms in total. The van der Waals surface area contributed by atoms with Crippen molar-refractivity contribution < 1.29 is 4.74 Å². The van der Waals surface area contributed by atoms with Crippen LogP contribution >= 0.6 is 0 Å². The Hall–Kier alpha value is -1.31. The van der Waals surface area contributed by atoms with Gasteiger partial charge in [0.05, 0.1) is 6.26 Å². The maximum Gasteiger partial charge on any atom is 0.225 e. The molecule has 52 valence electrons. The Labute approximate surface area is 60.2 Å². The van der Waals surface area contributed by atoms with E-state index >= 15 is 0 Å². The van der Waals surface area contributed by atoms with Crippen LogP contribution in [0.2, 0.25) is 0 Å². The van der Waals surface area contributed by atoms with E-state index in [0.717, 1.165) is 5.57 Å². The predicted octanol–water partition coefficient (Wildman–Crippen LogP) is 2.02. The fraction of sp³-hybridized carbons (Fsp3) is 0.125. The van der Waals surface area contributed by atoms with Crippen molar-refractivity contribution in [1.82, 2.24) is 0 Å². The number of hydrogen-bond donors (Lipinski definition) is 0. The van der Waals surface area contributed by atoms with E-state index in [1.54, 1.807) is 6.26 Å². The van der Waals surface area contributed by atoms with E-state index in [9.17, 15) is 0 Å². The second kappa shape index (κ2) is 3.01. The number of aliphatic imine (C=N–C) groups is 1. The minimum Gasteiger partial charge on any atom is -0.446 e. The van der Waals surface area contributed by atoms with Gasteiger partial charge in [0, 0.05) is 11.8 Å². The van der Waals surface area contributed by atoms with Gasteiger partial charge in [-0.3, -0.25) is 0 Å². The summed E-state index contributed by atoms with van der Waals surface area (Å²) in [5.41, 5.74) is 1.000. The minimum absolute atomic E-state index is 0.623. The Bertz CT molecular complexity index is 223. The molecule has 1 aliphatic heterocycles. The molecule has 0 aliphatic carbocycles. The molecule has 10 heavy (non-hydrogen) atoms. The first-order valence-corrected chi connectivity index (χ1v) is 3.07. The minimum atomic E-state index is 0.623. The average molecular weight is 135 g/mol. The standard InChI is InChI=1S/C8H9NO/c1-3-7-5-6-10-8(7)9-4-2/h3-6H,2H2,1H3/b7-3-,9-8+. The molecule has 0 unspecified atom stereocenters. The Kier molecular flexibility index (Phi) is 2.05. The summed E-state index contributed by atoms with van der Waals surface area (Å²) in [5, 5.41) is 0. The van der Waals surface area contributed by atoms with Crippen molar-refractivity contribution in [3.05, 3.63) is 36.8 Å². The first-order chi connectivity index (χ1) is 4.88. The number of hydrogen-bond acceptors (Lipinski definition) is 2. The molecule has 0 aromatic rings. The Morgan fingerprint density at radius 1 is 1.70 bits per heavy atom. The van der Waals surface area contributed by atoms with Gasteiger partial charge in [-0.2, -0.15) is 0 Å². The fourth-order valence-corrected chi connectivity index (χ4v) is 0.719. The third kappa shape index (κ3) is 1.16. The number of ether oxygens (including phenoxy) is 1. The van der Waals surface area contributed by atoms with E-state index in [1.165, 1.54) is 6.20 Å². The molecule has 2 heteroatoms. The van der Waals surface area contributed by atoms with Gasteiger partial charge in [-0.1, -0.05) is 12.7 Å². The van der Waals surface area contributed by atoms with Gasteiger partial charge in [-0.05, 0) is 13.0 Å². The molecule has 0 fully saturated rings. The lowest BCUT2D eigenvalue weighted by Crippen LogP contribution is -1.94. The third-order valence-corrected chi connectivity index (χ3v) is 1.19. The van der Waals surface area contributed by atoms with Crippen LogP contribution in [0.15, 0.2) is 41.8 Å². The maximum absolute atomic E-state index is 5.03. The van der Waals surface area contributed by atoms with Gasteiger partial charge in [0.25, 0.3) is 0 Å². The van der Waals surface area contributed by atoms with Gasteiger partial charge < -0.3 is 4.74 Å². The number of allylic oxidation sites excluding steroid dienone is 1. The average Bonchev–Trinajstić information content (AvgIpc) is 2.36. The van der Waals surface area contributed by atoms with Crippen LogP contribution in [0.4, 0.5) is 0 Å². The van der Waals surface area contributed by atoms with Crippen LogP contribution in [-0.4, -0.2) is 5.90 Å². The zero-order valence-electron chi connectivity index (χ0n) is 5.87. The van der Waals surface area contributed by atoms with Crippen molar-refractivity contribution in [2.45, 2.75) is 6.92 Å². The molecule has 0 aromatic heterocycles. The summed E-state index contributed by atoms with van der Waals surface area (Å²) in [7, 11) is 0. The highest BCUT2D eigenvalue weighted by molar-refractivity contribution is 5.98. The van der Waals surface area contributed by atoms with E-state index < -0.39 is 0 Å². The largest absolute Gasteiger partial charge is 0.446 e. The normalized spacial score (nSPS) is 23.7. The fourth-order valence-electron chi connectivity index (χ4n) is 0.719. The van der Waals surface area contributed by atoms with Crippen molar-refractivity contribution in [2.75, 3.05) is 0 Å². The lowest BCUT2D eigenvalue weighted by atomic mass is 10.3. The van der Waals surface area contributed by atoms with Gasteiger partial charge in [0.1, 0.15) is 0 Å². The van der Waals surface area contributed by atoms with Crippen LogP contribution in [0.1, 0.15) is 6.92 Å². The number of nitrogens with zero attached hydrogens (tertiary/aromatic N) is 1. The SMILES string of the molecule is C=C/N=C1/OC=C/C1=C/C. The van der Waals surface area contributed by atoms with E-state index in [4.69, 9.17) is 4.74 Å². The molecule has 0 saturated carbocycles. The van der Waals surface area contributed by atoms with Crippen molar-refractivity contribution in [2.24, 2.45) is 4.99 Å². The first-order valence-electron chi connectivity index (χ1n) is 3.07. The highest BCUT2D eigenvalue weighted by Crippen LogP contribution is 2.10. The van der Waals surface area contributed by atoms with Gasteiger partial charge >= 0.3 is 0 Å². The maximum atomic E-state index is 5.03. The molecule has 0 aromatic carbocycles. The van der Waals surface area contributed by atoms with Crippen LogP contribution in [0.25, 0.3) is 0 Å². The highest BCUT2D eigenvalue weighted by atomic mass is 16.5. The zero-order chi connectivity index (χ0) is 7.40. The van der Waals surface area contributed by atoms with E-state index in [0.29, 0.717) is 5.90 Å². The zero-order valence-corrected chi connectivity index (χ0v) is 5.87. The smallest absolute Gasteiger partial charge is 0.225 e. The molecule has 0 atom stereocenters. The molecular formula is C8H9NO. The molecule has 1 aliphatic rings. The van der Waals surface area contributed by atoms with Crippen LogP contribution in [0.5, 0.6) is 0 Å². The quantitative estimate of drug-likeness (QED) is 0.539. The number of rotatable bonds is 1. The van der Waals surface area contributed by atoms with Crippen LogP contribution < -0.4 is 0 Å². The summed E-state index contributed by atoms with van der Waals surface area (Å²) in [6.07, 6.45) is 6.87. The second-order valence-corrected chi connectivity index (χ2v) is 1.78. The summed E-state index contributed by atoms with van der Waals surface area (Å²) in [6.45, 7) is 5.41. The summed E-state index contributed by atoms with van der Waals surface area (Å²) < 4.78 is 5.03. The summed E-state index contributed by atoms with van der Waals surface area (Å²) in [5.74, 6) is 0.623. The molecular weight excluding hydrogens is 126 g/mol. The van der Waals surface area contributed by atoms with Gasteiger partial charge in [-0.25, -0.2) is 4.99 Å². The Balaban J connectivity index is 2.84. The monoisotopic (exact) mass is 135 g/mol. The first kappa shape index (κ1) is 6.81. The molecule has 0 amide bonds. The lowest BCUT2D eigenvalue weighted by molar-refractivity contribution is 0.487. The predicted molar refractivity (Wildman–Crippen MR) is 41.6 cm³/mol.